The Morgan fingerprint density at radius 2 is 2.20 bits per heavy atom. The van der Waals surface area contributed by atoms with Crippen molar-refractivity contribution in [2.75, 3.05) is 5.32 Å². The number of nitrogens with zero attached hydrogens (tertiary/aromatic N) is 2. The Balaban J connectivity index is 1.80. The maximum Gasteiger partial charge on any atom is 0.247 e. The van der Waals surface area contributed by atoms with E-state index >= 15 is 0 Å². The number of benzene rings is 1. The van der Waals surface area contributed by atoms with E-state index in [0.717, 1.165) is 21.6 Å². The zero-order chi connectivity index (χ0) is 13.9. The number of aryl methyl sites for hydroxylation is 1. The lowest BCUT2D eigenvalue weighted by Gasteiger charge is -2.09. The van der Waals surface area contributed by atoms with Crippen molar-refractivity contribution < 1.29 is 4.42 Å². The second-order valence-corrected chi connectivity index (χ2v) is 6.88. The molecule has 6 heteroatoms. The van der Waals surface area contributed by atoms with Crippen LogP contribution >= 0.6 is 27.3 Å². The van der Waals surface area contributed by atoms with Crippen molar-refractivity contribution in [3.63, 3.8) is 0 Å². The first-order valence-corrected chi connectivity index (χ1v) is 7.68. The Hall–Kier alpha value is -1.66. The summed E-state index contributed by atoms with van der Waals surface area (Å²) < 4.78 is 6.37. The summed E-state index contributed by atoms with van der Waals surface area (Å²) in [6, 6.07) is 10.2. The van der Waals surface area contributed by atoms with Crippen LogP contribution in [0, 0.1) is 6.92 Å². The monoisotopic (exact) mass is 349 g/mol. The number of hydrogen-bond donors (Lipinski definition) is 1. The minimum Gasteiger partial charge on any atom is -0.423 e. The molecule has 3 rings (SSSR count). The van der Waals surface area contributed by atoms with Crippen LogP contribution in [0.25, 0.3) is 11.5 Å². The summed E-state index contributed by atoms with van der Waals surface area (Å²) in [5, 5.41) is 11.1. The molecule has 102 valence electrons. The van der Waals surface area contributed by atoms with E-state index in [1.165, 1.54) is 16.8 Å². The molecule has 0 saturated carbocycles. The van der Waals surface area contributed by atoms with E-state index < -0.39 is 0 Å². The Kier molecular flexibility index (Phi) is 3.84. The van der Waals surface area contributed by atoms with Crippen LogP contribution in [0.3, 0.4) is 0 Å². The zero-order valence-corrected chi connectivity index (χ0v) is 13.2. The third-order valence-electron chi connectivity index (χ3n) is 2.93. The Bertz CT molecular complexity index is 709. The molecule has 0 aliphatic rings. The summed E-state index contributed by atoms with van der Waals surface area (Å²) >= 11 is 5.20. The Morgan fingerprint density at radius 3 is 2.90 bits per heavy atom. The van der Waals surface area contributed by atoms with Crippen LogP contribution in [-0.2, 0) is 6.54 Å². The zero-order valence-electron chi connectivity index (χ0n) is 10.8. The highest BCUT2D eigenvalue weighted by Gasteiger charge is 2.07. The quantitative estimate of drug-likeness (QED) is 0.754. The molecule has 0 aliphatic carbocycles. The molecule has 0 spiro atoms. The van der Waals surface area contributed by atoms with Crippen molar-refractivity contribution in [3.05, 3.63) is 51.0 Å². The molecule has 0 bridgehead atoms. The van der Waals surface area contributed by atoms with Crippen molar-refractivity contribution in [3.8, 4) is 11.5 Å². The molecule has 20 heavy (non-hydrogen) atoms. The number of aromatic nitrogens is 2. The summed E-state index contributed by atoms with van der Waals surface area (Å²) in [6.07, 6.45) is 1.34. The SMILES string of the molecule is Cc1ccc(-c2nnco2)cc1NCc1ccc(Br)s1. The standard InChI is InChI=1S/C14H12BrN3OS/c1-9-2-3-10(14-18-17-8-19-14)6-12(9)16-7-11-4-5-13(15)20-11/h2-6,8,16H,7H2,1H3. The minimum atomic E-state index is 0.534. The van der Waals surface area contributed by atoms with Gasteiger partial charge in [-0.05, 0) is 52.7 Å². The van der Waals surface area contributed by atoms with Gasteiger partial charge in [0.2, 0.25) is 12.3 Å². The predicted octanol–water partition coefficient (Wildman–Crippen LogP) is 4.48. The van der Waals surface area contributed by atoms with Gasteiger partial charge in [-0.3, -0.25) is 0 Å². The van der Waals surface area contributed by atoms with E-state index in [4.69, 9.17) is 4.42 Å². The number of rotatable bonds is 4. The summed E-state index contributed by atoms with van der Waals surface area (Å²) in [4.78, 5) is 1.28. The van der Waals surface area contributed by atoms with Crippen LogP contribution in [0.5, 0.6) is 0 Å². The molecular formula is C14H12BrN3OS. The number of anilines is 1. The first-order valence-electron chi connectivity index (χ1n) is 6.07. The van der Waals surface area contributed by atoms with Gasteiger partial charge in [0.1, 0.15) is 0 Å². The molecular weight excluding hydrogens is 338 g/mol. The molecule has 1 N–H and O–H groups in total. The molecule has 4 nitrogen and oxygen atoms in total. The highest BCUT2D eigenvalue weighted by atomic mass is 79.9. The number of nitrogens with one attached hydrogen (secondary N) is 1. The smallest absolute Gasteiger partial charge is 0.247 e. The molecule has 0 saturated heterocycles. The topological polar surface area (TPSA) is 51.0 Å². The molecule has 2 heterocycles. The van der Waals surface area contributed by atoms with Crippen molar-refractivity contribution in [1.82, 2.24) is 10.2 Å². The van der Waals surface area contributed by atoms with E-state index in [0.29, 0.717) is 5.89 Å². The number of halogens is 1. The van der Waals surface area contributed by atoms with Crippen LogP contribution in [-0.4, -0.2) is 10.2 Å². The molecule has 0 unspecified atom stereocenters. The first kappa shape index (κ1) is 13.3. The molecule has 0 atom stereocenters. The molecule has 0 radical (unpaired) electrons. The average molecular weight is 350 g/mol. The van der Waals surface area contributed by atoms with E-state index in [9.17, 15) is 0 Å². The second-order valence-electron chi connectivity index (χ2n) is 4.33. The lowest BCUT2D eigenvalue weighted by Crippen LogP contribution is -1.99. The summed E-state index contributed by atoms with van der Waals surface area (Å²) in [5.74, 6) is 0.534. The summed E-state index contributed by atoms with van der Waals surface area (Å²) in [5.41, 5.74) is 3.18. The maximum absolute atomic E-state index is 5.23. The highest BCUT2D eigenvalue weighted by Crippen LogP contribution is 2.26. The van der Waals surface area contributed by atoms with Crippen LogP contribution in [0.15, 0.2) is 44.9 Å². The number of hydrogen-bond acceptors (Lipinski definition) is 5. The maximum atomic E-state index is 5.23. The van der Waals surface area contributed by atoms with Gasteiger partial charge in [-0.2, -0.15) is 0 Å². The summed E-state index contributed by atoms with van der Waals surface area (Å²) in [7, 11) is 0. The van der Waals surface area contributed by atoms with Gasteiger partial charge in [-0.25, -0.2) is 0 Å². The lowest BCUT2D eigenvalue weighted by atomic mass is 10.1. The normalized spacial score (nSPS) is 10.7. The fourth-order valence-corrected chi connectivity index (χ4v) is 3.30. The van der Waals surface area contributed by atoms with Crippen molar-refractivity contribution >= 4 is 33.0 Å². The summed E-state index contributed by atoms with van der Waals surface area (Å²) in [6.45, 7) is 2.87. The Morgan fingerprint density at radius 1 is 1.30 bits per heavy atom. The van der Waals surface area contributed by atoms with E-state index in [-0.39, 0.29) is 0 Å². The van der Waals surface area contributed by atoms with Gasteiger partial charge < -0.3 is 9.73 Å². The fraction of sp³-hybridized carbons (Fsp3) is 0.143. The van der Waals surface area contributed by atoms with Crippen molar-refractivity contribution in [1.29, 1.82) is 0 Å². The van der Waals surface area contributed by atoms with Gasteiger partial charge in [0.25, 0.3) is 0 Å². The third-order valence-corrected chi connectivity index (χ3v) is 4.55. The number of thiophene rings is 1. The molecule has 3 aromatic rings. The van der Waals surface area contributed by atoms with Crippen molar-refractivity contribution in [2.24, 2.45) is 0 Å². The van der Waals surface area contributed by atoms with Crippen LogP contribution in [0.1, 0.15) is 10.4 Å². The predicted molar refractivity (Wildman–Crippen MR) is 83.8 cm³/mol. The Labute approximate surface area is 129 Å². The van der Waals surface area contributed by atoms with Crippen molar-refractivity contribution in [2.45, 2.75) is 13.5 Å². The molecule has 2 aromatic heterocycles. The minimum absolute atomic E-state index is 0.534. The average Bonchev–Trinajstić information content (AvgIpc) is 3.09. The van der Waals surface area contributed by atoms with Gasteiger partial charge in [0.05, 0.1) is 3.79 Å². The largest absolute Gasteiger partial charge is 0.423 e. The van der Waals surface area contributed by atoms with Crippen LogP contribution < -0.4 is 5.32 Å². The van der Waals surface area contributed by atoms with Gasteiger partial charge in [0.15, 0.2) is 0 Å². The van der Waals surface area contributed by atoms with Crippen LogP contribution in [0.4, 0.5) is 5.69 Å². The highest BCUT2D eigenvalue weighted by molar-refractivity contribution is 9.11. The molecule has 0 fully saturated rings. The van der Waals surface area contributed by atoms with Gasteiger partial charge in [-0.15, -0.1) is 21.5 Å². The van der Waals surface area contributed by atoms with Gasteiger partial charge in [-0.1, -0.05) is 6.07 Å². The molecule has 1 aromatic carbocycles. The van der Waals surface area contributed by atoms with Gasteiger partial charge >= 0.3 is 0 Å². The molecule has 0 amide bonds. The molecule has 0 aliphatic heterocycles. The van der Waals surface area contributed by atoms with E-state index in [1.54, 1.807) is 11.3 Å². The van der Waals surface area contributed by atoms with E-state index in [2.05, 4.69) is 50.5 Å². The second kappa shape index (κ2) is 5.76. The van der Waals surface area contributed by atoms with E-state index in [1.807, 2.05) is 18.2 Å². The fourth-order valence-electron chi connectivity index (χ4n) is 1.87. The van der Waals surface area contributed by atoms with Gasteiger partial charge in [0, 0.05) is 22.7 Å². The first-order chi connectivity index (χ1) is 9.72. The van der Waals surface area contributed by atoms with Crippen LogP contribution in [0.2, 0.25) is 0 Å². The lowest BCUT2D eigenvalue weighted by molar-refractivity contribution is 0.568. The third kappa shape index (κ3) is 2.91.